The van der Waals surface area contributed by atoms with Gasteiger partial charge in [0, 0.05) is 19.0 Å². The van der Waals surface area contributed by atoms with Gasteiger partial charge in [-0.05, 0) is 19.3 Å². The van der Waals surface area contributed by atoms with Crippen molar-refractivity contribution in [1.82, 2.24) is 4.90 Å². The number of hydrogen-bond donors (Lipinski definition) is 1. The van der Waals surface area contributed by atoms with Crippen molar-refractivity contribution in [2.24, 2.45) is 5.16 Å². The molecule has 1 aliphatic carbocycles. The van der Waals surface area contributed by atoms with Crippen LogP contribution < -0.4 is 0 Å². The van der Waals surface area contributed by atoms with Crippen LogP contribution in [0.1, 0.15) is 32.6 Å². The molecule has 1 aliphatic heterocycles. The van der Waals surface area contributed by atoms with Gasteiger partial charge in [0.1, 0.15) is 0 Å². The van der Waals surface area contributed by atoms with Crippen LogP contribution in [-0.4, -0.2) is 46.3 Å². The molecule has 1 amide bonds. The minimum absolute atomic E-state index is 0.0705. The molecule has 0 spiro atoms. The molecule has 2 rings (SSSR count). The van der Waals surface area contributed by atoms with Crippen LogP contribution in [0.3, 0.4) is 0 Å². The molecule has 6 heteroatoms. The Morgan fingerprint density at radius 1 is 1.53 bits per heavy atom. The van der Waals surface area contributed by atoms with Crippen molar-refractivity contribution in [2.75, 3.05) is 6.54 Å². The molecule has 1 unspecified atom stereocenters. The molecule has 0 bridgehead atoms. The van der Waals surface area contributed by atoms with Gasteiger partial charge in [0.25, 0.3) is 5.91 Å². The number of hydrogen-bond acceptors (Lipinski definition) is 4. The predicted molar refractivity (Wildman–Crippen MR) is 59.6 cm³/mol. The Morgan fingerprint density at radius 2 is 2.24 bits per heavy atom. The van der Waals surface area contributed by atoms with Gasteiger partial charge in [-0.1, -0.05) is 12.1 Å². The SMILES string of the molecule is CCCN(C(=O)C1CC(C(=O)O)=NO1)C1CC1. The van der Waals surface area contributed by atoms with Gasteiger partial charge >= 0.3 is 5.97 Å². The average molecular weight is 240 g/mol. The maximum Gasteiger partial charge on any atom is 0.353 e. The lowest BCUT2D eigenvalue weighted by Gasteiger charge is -2.23. The Morgan fingerprint density at radius 3 is 2.71 bits per heavy atom. The fourth-order valence-corrected chi connectivity index (χ4v) is 1.92. The summed E-state index contributed by atoms with van der Waals surface area (Å²) in [4.78, 5) is 29.5. The molecule has 0 aromatic heterocycles. The minimum atomic E-state index is -1.12. The summed E-state index contributed by atoms with van der Waals surface area (Å²) in [6.45, 7) is 2.71. The van der Waals surface area contributed by atoms with Crippen LogP contribution in [0.5, 0.6) is 0 Å². The van der Waals surface area contributed by atoms with E-state index in [1.165, 1.54) is 0 Å². The van der Waals surface area contributed by atoms with E-state index in [2.05, 4.69) is 5.16 Å². The van der Waals surface area contributed by atoms with Crippen LogP contribution >= 0.6 is 0 Å². The van der Waals surface area contributed by atoms with Crippen LogP contribution in [0.4, 0.5) is 0 Å². The first kappa shape index (κ1) is 11.9. The molecule has 1 saturated carbocycles. The second-order valence-corrected chi connectivity index (χ2v) is 4.40. The van der Waals surface area contributed by atoms with Gasteiger partial charge in [-0.15, -0.1) is 0 Å². The average Bonchev–Trinajstić information content (AvgIpc) is 3.00. The number of carbonyl (C=O) groups excluding carboxylic acids is 1. The normalized spacial score (nSPS) is 22.9. The van der Waals surface area contributed by atoms with Crippen molar-refractivity contribution in [1.29, 1.82) is 0 Å². The van der Waals surface area contributed by atoms with Crippen molar-refractivity contribution in [3.05, 3.63) is 0 Å². The third-order valence-electron chi connectivity index (χ3n) is 2.93. The van der Waals surface area contributed by atoms with Gasteiger partial charge < -0.3 is 14.8 Å². The Balaban J connectivity index is 1.94. The van der Waals surface area contributed by atoms with Crippen LogP contribution in [-0.2, 0) is 14.4 Å². The second-order valence-electron chi connectivity index (χ2n) is 4.40. The molecule has 17 heavy (non-hydrogen) atoms. The molecule has 6 nitrogen and oxygen atoms in total. The highest BCUT2D eigenvalue weighted by atomic mass is 16.6. The number of carboxylic acid groups (broad SMARTS) is 1. The van der Waals surface area contributed by atoms with Gasteiger partial charge in [0.05, 0.1) is 0 Å². The van der Waals surface area contributed by atoms with E-state index in [0.717, 1.165) is 19.3 Å². The van der Waals surface area contributed by atoms with Crippen molar-refractivity contribution in [3.63, 3.8) is 0 Å². The Labute approximate surface area is 99.2 Å². The highest BCUT2D eigenvalue weighted by Crippen LogP contribution is 2.29. The molecule has 1 fully saturated rings. The molecule has 94 valence electrons. The van der Waals surface area contributed by atoms with E-state index in [1.807, 2.05) is 6.92 Å². The van der Waals surface area contributed by atoms with Crippen LogP contribution in [0.15, 0.2) is 5.16 Å². The molecular weight excluding hydrogens is 224 g/mol. The second kappa shape index (κ2) is 4.73. The molecule has 0 aromatic carbocycles. The maximum atomic E-state index is 12.1. The van der Waals surface area contributed by atoms with E-state index >= 15 is 0 Å². The number of carboxylic acids is 1. The lowest BCUT2D eigenvalue weighted by atomic mass is 10.1. The number of nitrogens with zero attached hydrogens (tertiary/aromatic N) is 2. The first-order valence-electron chi connectivity index (χ1n) is 5.90. The smallest absolute Gasteiger partial charge is 0.353 e. The zero-order valence-electron chi connectivity index (χ0n) is 9.76. The Kier molecular flexibility index (Phi) is 3.31. The molecule has 1 heterocycles. The van der Waals surface area contributed by atoms with E-state index < -0.39 is 12.1 Å². The zero-order chi connectivity index (χ0) is 12.4. The van der Waals surface area contributed by atoms with E-state index in [0.29, 0.717) is 12.6 Å². The lowest BCUT2D eigenvalue weighted by Crippen LogP contribution is -2.41. The summed E-state index contributed by atoms with van der Waals surface area (Å²) in [7, 11) is 0. The van der Waals surface area contributed by atoms with Crippen LogP contribution in [0.25, 0.3) is 0 Å². The molecule has 1 atom stereocenters. The number of oxime groups is 1. The summed E-state index contributed by atoms with van der Waals surface area (Å²) in [6.07, 6.45) is 2.28. The minimum Gasteiger partial charge on any atom is -0.477 e. The first-order valence-corrected chi connectivity index (χ1v) is 5.90. The maximum absolute atomic E-state index is 12.1. The van der Waals surface area contributed by atoms with Crippen LogP contribution in [0.2, 0.25) is 0 Å². The van der Waals surface area contributed by atoms with Crippen LogP contribution in [0, 0.1) is 0 Å². The van der Waals surface area contributed by atoms with Crippen molar-refractivity contribution in [2.45, 2.75) is 44.8 Å². The lowest BCUT2D eigenvalue weighted by molar-refractivity contribution is -0.142. The van der Waals surface area contributed by atoms with Gasteiger partial charge in [-0.3, -0.25) is 4.79 Å². The predicted octanol–water partition coefficient (Wildman–Crippen LogP) is 0.617. The van der Waals surface area contributed by atoms with E-state index in [-0.39, 0.29) is 18.0 Å². The fraction of sp³-hybridized carbons (Fsp3) is 0.727. The van der Waals surface area contributed by atoms with Gasteiger partial charge in [0.15, 0.2) is 5.71 Å². The summed E-state index contributed by atoms with van der Waals surface area (Å²) in [5.41, 5.74) is -0.0735. The monoisotopic (exact) mass is 240 g/mol. The quantitative estimate of drug-likeness (QED) is 0.763. The standard InChI is InChI=1S/C11H16N2O4/c1-2-5-13(7-3-4-7)10(14)9-6-8(11(15)16)12-17-9/h7,9H,2-6H2,1H3,(H,15,16). The summed E-state index contributed by atoms with van der Waals surface area (Å²) >= 11 is 0. The number of aliphatic carboxylic acids is 1. The third-order valence-corrected chi connectivity index (χ3v) is 2.93. The Bertz CT molecular complexity index is 362. The van der Waals surface area contributed by atoms with E-state index in [9.17, 15) is 9.59 Å². The van der Waals surface area contributed by atoms with Gasteiger partial charge in [-0.25, -0.2) is 4.79 Å². The van der Waals surface area contributed by atoms with Gasteiger partial charge in [0.2, 0.25) is 6.10 Å². The molecule has 0 aromatic rings. The summed E-state index contributed by atoms with van der Waals surface area (Å²) in [6, 6.07) is 0.319. The Hall–Kier alpha value is -1.59. The third kappa shape index (κ3) is 2.57. The fourth-order valence-electron chi connectivity index (χ4n) is 1.92. The number of amides is 1. The number of rotatable bonds is 5. The van der Waals surface area contributed by atoms with Gasteiger partial charge in [-0.2, -0.15) is 0 Å². The summed E-state index contributed by atoms with van der Waals surface area (Å²) < 4.78 is 0. The topological polar surface area (TPSA) is 79.2 Å². The molecule has 1 N–H and O–H groups in total. The van der Waals surface area contributed by atoms with Crippen molar-refractivity contribution in [3.8, 4) is 0 Å². The van der Waals surface area contributed by atoms with E-state index in [4.69, 9.17) is 9.94 Å². The molecular formula is C11H16N2O4. The highest BCUT2D eigenvalue weighted by molar-refractivity contribution is 6.36. The first-order chi connectivity index (χ1) is 8.13. The van der Waals surface area contributed by atoms with E-state index in [1.54, 1.807) is 4.90 Å². The van der Waals surface area contributed by atoms with Crippen molar-refractivity contribution >= 4 is 17.6 Å². The molecule has 0 radical (unpaired) electrons. The zero-order valence-corrected chi connectivity index (χ0v) is 9.76. The highest BCUT2D eigenvalue weighted by Gasteiger charge is 2.39. The molecule has 2 aliphatic rings. The largest absolute Gasteiger partial charge is 0.477 e. The molecule has 0 saturated heterocycles. The number of carbonyl (C=O) groups is 2. The van der Waals surface area contributed by atoms with Crippen molar-refractivity contribution < 1.29 is 19.5 Å². The summed E-state index contributed by atoms with van der Waals surface area (Å²) in [5, 5.41) is 12.2. The summed E-state index contributed by atoms with van der Waals surface area (Å²) in [5.74, 6) is -1.25.